The molecule has 1 heterocycles. The fourth-order valence-corrected chi connectivity index (χ4v) is 2.89. The second-order valence-electron chi connectivity index (χ2n) is 5.94. The van der Waals surface area contributed by atoms with Gasteiger partial charge in [0.05, 0.1) is 22.9 Å². The van der Waals surface area contributed by atoms with Crippen LogP contribution in [0.4, 0.5) is 10.5 Å². The van der Waals surface area contributed by atoms with Crippen LogP contribution in [0.5, 0.6) is 0 Å². The molecule has 1 aliphatic carbocycles. The molecule has 2 aromatic carbocycles. The molecule has 0 atom stereocenters. The highest BCUT2D eigenvalue weighted by Gasteiger charge is 2.45. The topological polar surface area (TPSA) is 54.0 Å². The van der Waals surface area contributed by atoms with Crippen LogP contribution >= 0.6 is 0 Å². The molecule has 1 aromatic heterocycles. The summed E-state index contributed by atoms with van der Waals surface area (Å²) in [6.45, 7) is 0. The Morgan fingerprint density at radius 2 is 1.74 bits per heavy atom. The summed E-state index contributed by atoms with van der Waals surface area (Å²) in [5.74, 6) is 0. The molecule has 2 amide bonds. The number of hydrogen-bond donors (Lipinski definition) is 2. The van der Waals surface area contributed by atoms with Gasteiger partial charge in [-0.05, 0) is 30.5 Å². The molecule has 4 heteroatoms. The third-order valence-electron chi connectivity index (χ3n) is 4.28. The molecule has 3 aromatic rings. The van der Waals surface area contributed by atoms with E-state index in [2.05, 4.69) is 27.8 Å². The van der Waals surface area contributed by atoms with Gasteiger partial charge in [-0.15, -0.1) is 0 Å². The highest BCUT2D eigenvalue weighted by Crippen LogP contribution is 2.45. The van der Waals surface area contributed by atoms with Gasteiger partial charge in [0.1, 0.15) is 0 Å². The maximum Gasteiger partial charge on any atom is 0.319 e. The number of pyridine rings is 1. The summed E-state index contributed by atoms with van der Waals surface area (Å²) < 4.78 is 0. The summed E-state index contributed by atoms with van der Waals surface area (Å²) in [6.07, 6.45) is 3.63. The first-order valence-electron chi connectivity index (χ1n) is 7.75. The summed E-state index contributed by atoms with van der Waals surface area (Å²) in [5.41, 5.74) is 2.56. The standard InChI is InChI=1S/C19H17N3O/c23-18(22-19(10-11-19)15-7-2-1-3-8-15)21-16-12-14-6-4-5-9-17(14)20-13-16/h1-9,12-13H,10-11H2,(H2,21,22,23). The molecule has 0 aliphatic heterocycles. The van der Waals surface area contributed by atoms with Crippen LogP contribution in [-0.4, -0.2) is 11.0 Å². The molecule has 4 nitrogen and oxygen atoms in total. The Kier molecular flexibility index (Phi) is 3.23. The quantitative estimate of drug-likeness (QED) is 0.767. The lowest BCUT2D eigenvalue weighted by atomic mass is 10.1. The van der Waals surface area contributed by atoms with Crippen LogP contribution in [0.3, 0.4) is 0 Å². The number of fused-ring (bicyclic) bond motifs is 1. The van der Waals surface area contributed by atoms with Gasteiger partial charge in [0.15, 0.2) is 0 Å². The Balaban J connectivity index is 1.49. The highest BCUT2D eigenvalue weighted by molar-refractivity contribution is 5.92. The number of urea groups is 1. The van der Waals surface area contributed by atoms with Gasteiger partial charge in [-0.25, -0.2) is 4.79 Å². The number of anilines is 1. The second-order valence-corrected chi connectivity index (χ2v) is 5.94. The van der Waals surface area contributed by atoms with Crippen molar-refractivity contribution in [1.29, 1.82) is 0 Å². The van der Waals surface area contributed by atoms with Crippen molar-refractivity contribution < 1.29 is 4.79 Å². The number of carbonyl (C=O) groups excluding carboxylic acids is 1. The minimum atomic E-state index is -0.213. The van der Waals surface area contributed by atoms with Gasteiger partial charge >= 0.3 is 6.03 Å². The van der Waals surface area contributed by atoms with Gasteiger partial charge in [-0.3, -0.25) is 4.98 Å². The summed E-state index contributed by atoms with van der Waals surface area (Å²) in [4.78, 5) is 16.7. The number of hydrogen-bond acceptors (Lipinski definition) is 2. The molecule has 1 aliphatic rings. The maximum absolute atomic E-state index is 12.3. The van der Waals surface area contributed by atoms with Crippen LogP contribution in [-0.2, 0) is 5.54 Å². The van der Waals surface area contributed by atoms with Gasteiger partial charge < -0.3 is 10.6 Å². The van der Waals surface area contributed by atoms with E-state index in [1.54, 1.807) is 6.20 Å². The van der Waals surface area contributed by atoms with E-state index in [-0.39, 0.29) is 11.6 Å². The molecule has 1 fully saturated rings. The number of carbonyl (C=O) groups is 1. The highest BCUT2D eigenvalue weighted by atomic mass is 16.2. The van der Waals surface area contributed by atoms with E-state index in [0.29, 0.717) is 5.69 Å². The van der Waals surface area contributed by atoms with E-state index in [1.807, 2.05) is 48.5 Å². The van der Waals surface area contributed by atoms with Crippen LogP contribution in [0.1, 0.15) is 18.4 Å². The minimum absolute atomic E-state index is 0.191. The van der Waals surface area contributed by atoms with Crippen LogP contribution < -0.4 is 10.6 Å². The number of para-hydroxylation sites is 1. The van der Waals surface area contributed by atoms with Crippen molar-refractivity contribution in [2.24, 2.45) is 0 Å². The summed E-state index contributed by atoms with van der Waals surface area (Å²) in [5, 5.41) is 7.00. The van der Waals surface area contributed by atoms with Gasteiger partial charge in [-0.1, -0.05) is 48.5 Å². The van der Waals surface area contributed by atoms with Crippen LogP contribution in [0.2, 0.25) is 0 Å². The Hall–Kier alpha value is -2.88. The first-order valence-corrected chi connectivity index (χ1v) is 7.75. The summed E-state index contributed by atoms with van der Waals surface area (Å²) in [6, 6.07) is 19.7. The lowest BCUT2D eigenvalue weighted by Crippen LogP contribution is -2.38. The summed E-state index contributed by atoms with van der Waals surface area (Å²) >= 11 is 0. The molecular weight excluding hydrogens is 286 g/mol. The van der Waals surface area contributed by atoms with Crippen molar-refractivity contribution in [3.63, 3.8) is 0 Å². The zero-order valence-corrected chi connectivity index (χ0v) is 12.6. The van der Waals surface area contributed by atoms with Crippen LogP contribution in [0.25, 0.3) is 10.9 Å². The van der Waals surface area contributed by atoms with Crippen LogP contribution in [0.15, 0.2) is 66.9 Å². The molecule has 0 spiro atoms. The van der Waals surface area contributed by atoms with Gasteiger partial charge in [0.25, 0.3) is 0 Å². The average molecular weight is 303 g/mol. The monoisotopic (exact) mass is 303 g/mol. The van der Waals surface area contributed by atoms with Gasteiger partial charge in [0, 0.05) is 5.39 Å². The normalized spacial score (nSPS) is 15.1. The number of nitrogens with zero attached hydrogens (tertiary/aromatic N) is 1. The number of benzene rings is 2. The number of nitrogens with one attached hydrogen (secondary N) is 2. The largest absolute Gasteiger partial charge is 0.328 e. The average Bonchev–Trinajstić information content (AvgIpc) is 3.36. The Morgan fingerprint density at radius 3 is 2.52 bits per heavy atom. The lowest BCUT2D eigenvalue weighted by Gasteiger charge is -2.18. The SMILES string of the molecule is O=C(Nc1cnc2ccccc2c1)NC1(c2ccccc2)CC1. The fourth-order valence-electron chi connectivity index (χ4n) is 2.89. The molecule has 0 bridgehead atoms. The smallest absolute Gasteiger partial charge is 0.319 e. The van der Waals surface area contributed by atoms with Crippen molar-refractivity contribution in [3.8, 4) is 0 Å². The zero-order chi connectivity index (χ0) is 15.7. The van der Waals surface area contributed by atoms with Crippen molar-refractivity contribution in [2.45, 2.75) is 18.4 Å². The van der Waals surface area contributed by atoms with Crippen LogP contribution in [0, 0.1) is 0 Å². The molecule has 0 saturated heterocycles. The molecular formula is C19H17N3O. The number of rotatable bonds is 3. The molecule has 4 rings (SSSR count). The third kappa shape index (κ3) is 2.75. The predicted molar refractivity (Wildman–Crippen MR) is 91.3 cm³/mol. The van der Waals surface area contributed by atoms with E-state index in [9.17, 15) is 4.79 Å². The van der Waals surface area contributed by atoms with E-state index >= 15 is 0 Å². The lowest BCUT2D eigenvalue weighted by molar-refractivity contribution is 0.247. The Labute approximate surface area is 134 Å². The van der Waals surface area contributed by atoms with Crippen molar-refractivity contribution in [3.05, 3.63) is 72.4 Å². The van der Waals surface area contributed by atoms with E-state index < -0.39 is 0 Å². The number of aromatic nitrogens is 1. The van der Waals surface area contributed by atoms with E-state index in [1.165, 1.54) is 0 Å². The van der Waals surface area contributed by atoms with Crippen molar-refractivity contribution in [2.75, 3.05) is 5.32 Å². The van der Waals surface area contributed by atoms with Gasteiger partial charge in [-0.2, -0.15) is 0 Å². The first-order chi connectivity index (χ1) is 11.3. The first kappa shape index (κ1) is 13.8. The van der Waals surface area contributed by atoms with Crippen molar-refractivity contribution >= 4 is 22.6 Å². The molecule has 114 valence electrons. The maximum atomic E-state index is 12.3. The summed E-state index contributed by atoms with van der Waals surface area (Å²) in [7, 11) is 0. The van der Waals surface area contributed by atoms with Crippen molar-refractivity contribution in [1.82, 2.24) is 10.3 Å². The molecule has 2 N–H and O–H groups in total. The third-order valence-corrected chi connectivity index (χ3v) is 4.28. The molecule has 0 unspecified atom stereocenters. The fraction of sp³-hybridized carbons (Fsp3) is 0.158. The molecule has 1 saturated carbocycles. The zero-order valence-electron chi connectivity index (χ0n) is 12.6. The Morgan fingerprint density at radius 1 is 1.00 bits per heavy atom. The Bertz CT molecular complexity index is 857. The van der Waals surface area contributed by atoms with Gasteiger partial charge in [0.2, 0.25) is 0 Å². The molecule has 0 radical (unpaired) electrons. The van der Waals surface area contributed by atoms with E-state index in [4.69, 9.17) is 0 Å². The van der Waals surface area contributed by atoms with E-state index in [0.717, 1.165) is 29.3 Å². The predicted octanol–water partition coefficient (Wildman–Crippen LogP) is 4.05. The minimum Gasteiger partial charge on any atom is -0.328 e. The number of amides is 2. The second kappa shape index (κ2) is 5.39. The molecule has 23 heavy (non-hydrogen) atoms.